The van der Waals surface area contributed by atoms with Gasteiger partial charge in [-0.05, 0) is 68.9 Å². The highest BCUT2D eigenvalue weighted by atomic mass is 79.9. The molecule has 0 bridgehead atoms. The molecule has 2 aliphatic carbocycles. The van der Waals surface area contributed by atoms with Gasteiger partial charge in [-0.1, -0.05) is 31.5 Å². The molecule has 4 heteroatoms. The fourth-order valence-electron chi connectivity index (χ4n) is 3.75. The number of hydrogen-bond acceptors (Lipinski definition) is 2. The van der Waals surface area contributed by atoms with Gasteiger partial charge in [0.2, 0.25) is 0 Å². The molecular weight excluding hydrogens is 376 g/mol. The van der Waals surface area contributed by atoms with Crippen LogP contribution in [-0.4, -0.2) is 10.9 Å². The standard InChI is InChI=1S/C19H14BrClO2/c1-19(2)13-8-16(22)15(20)7-12(13)18(23)17-11-4-3-10(21)5-9(11)6-14(17)19/h3-5,7-8,22H,6H2,1-2H3. The first-order valence-corrected chi connectivity index (χ1v) is 8.58. The molecule has 2 aliphatic rings. The molecule has 23 heavy (non-hydrogen) atoms. The lowest BCUT2D eigenvalue weighted by Crippen LogP contribution is -2.29. The van der Waals surface area contributed by atoms with Gasteiger partial charge in [0.25, 0.3) is 0 Å². The minimum absolute atomic E-state index is 0.0242. The van der Waals surface area contributed by atoms with Gasteiger partial charge in [-0.3, -0.25) is 4.79 Å². The van der Waals surface area contributed by atoms with Crippen molar-refractivity contribution in [2.75, 3.05) is 0 Å². The molecule has 116 valence electrons. The molecule has 2 aromatic carbocycles. The number of aromatic hydroxyl groups is 1. The Kier molecular flexibility index (Phi) is 3.07. The number of carbonyl (C=O) groups is 1. The van der Waals surface area contributed by atoms with Crippen LogP contribution in [0.2, 0.25) is 5.02 Å². The van der Waals surface area contributed by atoms with Crippen molar-refractivity contribution in [3.63, 3.8) is 0 Å². The highest BCUT2D eigenvalue weighted by molar-refractivity contribution is 9.10. The van der Waals surface area contributed by atoms with E-state index in [9.17, 15) is 9.90 Å². The lowest BCUT2D eigenvalue weighted by atomic mass is 9.68. The fraction of sp³-hybridized carbons (Fsp3) is 0.211. The Morgan fingerprint density at radius 3 is 2.65 bits per heavy atom. The SMILES string of the molecule is CC1(C)C2=C(C(=O)c3cc(Br)c(O)cc31)c1ccc(Cl)cc1C2. The van der Waals surface area contributed by atoms with Crippen molar-refractivity contribution in [3.05, 3.63) is 67.7 Å². The number of ketones is 1. The predicted octanol–water partition coefficient (Wildman–Crippen LogP) is 5.29. The van der Waals surface area contributed by atoms with Crippen LogP contribution in [0.1, 0.15) is 40.9 Å². The van der Waals surface area contributed by atoms with Gasteiger partial charge in [0, 0.05) is 21.6 Å². The van der Waals surface area contributed by atoms with Crippen LogP contribution in [0.3, 0.4) is 0 Å². The van der Waals surface area contributed by atoms with Crippen LogP contribution >= 0.6 is 27.5 Å². The van der Waals surface area contributed by atoms with Crippen molar-refractivity contribution in [1.29, 1.82) is 0 Å². The maximum atomic E-state index is 13.1. The van der Waals surface area contributed by atoms with E-state index < -0.39 is 0 Å². The van der Waals surface area contributed by atoms with E-state index >= 15 is 0 Å². The van der Waals surface area contributed by atoms with Crippen molar-refractivity contribution in [1.82, 2.24) is 0 Å². The largest absolute Gasteiger partial charge is 0.507 e. The molecule has 0 saturated carbocycles. The molecule has 0 aromatic heterocycles. The van der Waals surface area contributed by atoms with Gasteiger partial charge in [-0.25, -0.2) is 0 Å². The summed E-state index contributed by atoms with van der Waals surface area (Å²) in [6.07, 6.45) is 0.722. The van der Waals surface area contributed by atoms with Crippen LogP contribution in [-0.2, 0) is 11.8 Å². The quantitative estimate of drug-likeness (QED) is 0.664. The number of carbonyl (C=O) groups excluding carboxylic acids is 1. The first-order chi connectivity index (χ1) is 10.8. The Morgan fingerprint density at radius 2 is 1.91 bits per heavy atom. The summed E-state index contributed by atoms with van der Waals surface area (Å²) >= 11 is 9.43. The van der Waals surface area contributed by atoms with Crippen molar-refractivity contribution >= 4 is 38.9 Å². The minimum atomic E-state index is -0.317. The molecule has 0 radical (unpaired) electrons. The number of fused-ring (bicyclic) bond motifs is 3. The summed E-state index contributed by atoms with van der Waals surface area (Å²) < 4.78 is 0.541. The van der Waals surface area contributed by atoms with E-state index in [-0.39, 0.29) is 16.9 Å². The Bertz CT molecular complexity index is 925. The molecule has 0 saturated heterocycles. The molecule has 0 heterocycles. The zero-order valence-corrected chi connectivity index (χ0v) is 15.0. The highest BCUT2D eigenvalue weighted by Gasteiger charge is 2.43. The number of rotatable bonds is 0. The Hall–Kier alpha value is -1.58. The number of allylic oxidation sites excluding steroid dienone is 2. The number of hydrogen-bond donors (Lipinski definition) is 1. The second kappa shape index (κ2) is 4.71. The van der Waals surface area contributed by atoms with Gasteiger partial charge < -0.3 is 5.11 Å². The summed E-state index contributed by atoms with van der Waals surface area (Å²) in [7, 11) is 0. The Balaban J connectivity index is 2.00. The number of phenolic OH excluding ortho intramolecular Hbond substituents is 1. The predicted molar refractivity (Wildman–Crippen MR) is 95.2 cm³/mol. The maximum absolute atomic E-state index is 13.1. The van der Waals surface area contributed by atoms with E-state index in [1.165, 1.54) is 0 Å². The lowest BCUT2D eigenvalue weighted by Gasteiger charge is -2.34. The van der Waals surface area contributed by atoms with E-state index in [0.717, 1.165) is 34.3 Å². The summed E-state index contributed by atoms with van der Waals surface area (Å²) in [4.78, 5) is 13.1. The molecule has 0 amide bonds. The minimum Gasteiger partial charge on any atom is -0.507 e. The Labute approximate surface area is 147 Å². The summed E-state index contributed by atoms with van der Waals surface area (Å²) in [5, 5.41) is 10.7. The Morgan fingerprint density at radius 1 is 1.17 bits per heavy atom. The third kappa shape index (κ3) is 1.96. The lowest BCUT2D eigenvalue weighted by molar-refractivity contribution is 0.105. The van der Waals surface area contributed by atoms with E-state index in [1.807, 2.05) is 18.2 Å². The average Bonchev–Trinajstić information content (AvgIpc) is 2.87. The molecule has 0 atom stereocenters. The van der Waals surface area contributed by atoms with Crippen LogP contribution in [0.4, 0.5) is 0 Å². The monoisotopic (exact) mass is 388 g/mol. The average molecular weight is 390 g/mol. The third-order valence-electron chi connectivity index (χ3n) is 4.99. The topological polar surface area (TPSA) is 37.3 Å². The summed E-state index contributed by atoms with van der Waals surface area (Å²) in [6.45, 7) is 4.21. The zero-order chi connectivity index (χ0) is 16.5. The maximum Gasteiger partial charge on any atom is 0.193 e. The van der Waals surface area contributed by atoms with Crippen molar-refractivity contribution in [2.45, 2.75) is 25.7 Å². The molecule has 2 nitrogen and oxygen atoms in total. The molecule has 0 unspecified atom stereocenters. The fourth-order valence-corrected chi connectivity index (χ4v) is 4.29. The van der Waals surface area contributed by atoms with Crippen LogP contribution < -0.4 is 0 Å². The van der Waals surface area contributed by atoms with Crippen LogP contribution in [0.25, 0.3) is 5.57 Å². The third-order valence-corrected chi connectivity index (χ3v) is 5.86. The van der Waals surface area contributed by atoms with E-state index in [4.69, 9.17) is 11.6 Å². The smallest absolute Gasteiger partial charge is 0.193 e. The molecule has 0 spiro atoms. The first kappa shape index (κ1) is 15.0. The highest BCUT2D eigenvalue weighted by Crippen LogP contribution is 2.51. The first-order valence-electron chi connectivity index (χ1n) is 7.41. The second-order valence-electron chi connectivity index (χ2n) is 6.64. The van der Waals surface area contributed by atoms with Gasteiger partial charge in [0.15, 0.2) is 5.78 Å². The number of phenols is 1. The second-order valence-corrected chi connectivity index (χ2v) is 7.93. The van der Waals surface area contributed by atoms with Crippen LogP contribution in [0.5, 0.6) is 5.75 Å². The van der Waals surface area contributed by atoms with Crippen LogP contribution in [0, 0.1) is 0 Å². The van der Waals surface area contributed by atoms with Crippen LogP contribution in [0.15, 0.2) is 40.4 Å². The van der Waals surface area contributed by atoms with E-state index in [0.29, 0.717) is 15.1 Å². The number of halogens is 2. The van der Waals surface area contributed by atoms with Gasteiger partial charge in [0.1, 0.15) is 5.75 Å². The zero-order valence-electron chi connectivity index (χ0n) is 12.7. The van der Waals surface area contributed by atoms with E-state index in [2.05, 4.69) is 29.8 Å². The van der Waals surface area contributed by atoms with Crippen molar-refractivity contribution < 1.29 is 9.90 Å². The summed E-state index contributed by atoms with van der Waals surface area (Å²) in [6, 6.07) is 9.15. The molecule has 4 rings (SSSR count). The van der Waals surface area contributed by atoms with Gasteiger partial charge in [0.05, 0.1) is 4.47 Å². The number of Topliss-reactive ketones (excluding diaryl/α,β-unsaturated/α-hetero) is 1. The van der Waals surface area contributed by atoms with Crippen molar-refractivity contribution in [2.24, 2.45) is 0 Å². The van der Waals surface area contributed by atoms with Gasteiger partial charge >= 0.3 is 0 Å². The molecule has 2 aromatic rings. The molecular formula is C19H14BrClO2. The van der Waals surface area contributed by atoms with Gasteiger partial charge in [-0.2, -0.15) is 0 Å². The summed E-state index contributed by atoms with van der Waals surface area (Å²) in [5.74, 6) is 0.184. The molecule has 0 aliphatic heterocycles. The summed E-state index contributed by atoms with van der Waals surface area (Å²) in [5.41, 5.74) is 5.20. The molecule has 1 N–H and O–H groups in total. The van der Waals surface area contributed by atoms with Gasteiger partial charge in [-0.15, -0.1) is 0 Å². The molecule has 0 fully saturated rings. The number of benzene rings is 2. The van der Waals surface area contributed by atoms with E-state index in [1.54, 1.807) is 12.1 Å². The van der Waals surface area contributed by atoms with Crippen molar-refractivity contribution in [3.8, 4) is 5.75 Å². The normalized spacial score (nSPS) is 17.8.